The third-order valence-electron chi connectivity index (χ3n) is 4.05. The molecule has 0 unspecified atom stereocenters. The number of methoxy groups -OCH3 is 1. The second kappa shape index (κ2) is 4.86. The van der Waals surface area contributed by atoms with Gasteiger partial charge in [0.25, 0.3) is 0 Å². The van der Waals surface area contributed by atoms with Crippen molar-refractivity contribution in [3.8, 4) is 16.9 Å². The molecule has 1 aliphatic rings. The van der Waals surface area contributed by atoms with Crippen LogP contribution < -0.4 is 10.1 Å². The second-order valence-electron chi connectivity index (χ2n) is 5.26. The summed E-state index contributed by atoms with van der Waals surface area (Å²) in [4.78, 5) is 4.79. The number of hydrogen-bond donors (Lipinski definition) is 1. The molecule has 1 aliphatic heterocycles. The maximum atomic E-state index is 5.26. The monoisotopic (exact) mass is 276 g/mol. The topological polar surface area (TPSA) is 34.1 Å². The van der Waals surface area contributed by atoms with Gasteiger partial charge < -0.3 is 10.1 Å². The zero-order valence-electron chi connectivity index (χ0n) is 11.9. The van der Waals surface area contributed by atoms with Gasteiger partial charge in [0, 0.05) is 18.5 Å². The third kappa shape index (κ3) is 1.98. The molecule has 0 atom stereocenters. The lowest BCUT2D eigenvalue weighted by atomic mass is 9.95. The molecule has 0 spiro atoms. The number of hydrogen-bond acceptors (Lipinski definition) is 3. The van der Waals surface area contributed by atoms with Crippen molar-refractivity contribution in [2.45, 2.75) is 13.1 Å². The minimum Gasteiger partial charge on any atom is -0.497 e. The van der Waals surface area contributed by atoms with Crippen molar-refractivity contribution in [3.63, 3.8) is 0 Å². The van der Waals surface area contributed by atoms with Crippen LogP contribution in [0.1, 0.15) is 11.3 Å². The summed E-state index contributed by atoms with van der Waals surface area (Å²) in [6.45, 7) is 1.73. The van der Waals surface area contributed by atoms with Gasteiger partial charge >= 0.3 is 0 Å². The smallest absolute Gasteiger partial charge is 0.118 e. The van der Waals surface area contributed by atoms with Crippen LogP contribution in [-0.2, 0) is 13.1 Å². The Morgan fingerprint density at radius 2 is 1.81 bits per heavy atom. The van der Waals surface area contributed by atoms with Crippen LogP contribution in [0.15, 0.2) is 48.5 Å². The van der Waals surface area contributed by atoms with E-state index in [1.165, 1.54) is 27.8 Å². The van der Waals surface area contributed by atoms with E-state index in [0.717, 1.165) is 24.4 Å². The summed E-state index contributed by atoms with van der Waals surface area (Å²) in [7, 11) is 1.69. The maximum absolute atomic E-state index is 5.26. The van der Waals surface area contributed by atoms with Crippen molar-refractivity contribution < 1.29 is 4.74 Å². The predicted octanol–water partition coefficient (Wildman–Crippen LogP) is 3.51. The molecule has 21 heavy (non-hydrogen) atoms. The molecule has 0 radical (unpaired) electrons. The first-order chi connectivity index (χ1) is 10.4. The normalized spacial score (nSPS) is 13.4. The molecule has 4 rings (SSSR count). The van der Waals surface area contributed by atoms with Gasteiger partial charge in [-0.1, -0.05) is 30.3 Å². The third-order valence-corrected chi connectivity index (χ3v) is 4.05. The highest BCUT2D eigenvalue weighted by atomic mass is 16.5. The van der Waals surface area contributed by atoms with Crippen molar-refractivity contribution in [3.05, 3.63) is 59.8 Å². The van der Waals surface area contributed by atoms with Crippen LogP contribution in [0.25, 0.3) is 22.0 Å². The van der Waals surface area contributed by atoms with E-state index < -0.39 is 0 Å². The highest BCUT2D eigenvalue weighted by Crippen LogP contribution is 2.35. The van der Waals surface area contributed by atoms with E-state index in [9.17, 15) is 0 Å². The summed E-state index contributed by atoms with van der Waals surface area (Å²) in [5.74, 6) is 0.881. The van der Waals surface area contributed by atoms with E-state index in [1.54, 1.807) is 7.11 Å². The maximum Gasteiger partial charge on any atom is 0.118 e. The number of aromatic nitrogens is 1. The molecule has 0 aliphatic carbocycles. The Balaban J connectivity index is 2.01. The number of nitrogens with zero attached hydrogens (tertiary/aromatic N) is 1. The van der Waals surface area contributed by atoms with Crippen molar-refractivity contribution in [2.24, 2.45) is 0 Å². The predicted molar refractivity (Wildman–Crippen MR) is 84.3 cm³/mol. The average Bonchev–Trinajstić information content (AvgIpc) is 3.00. The molecule has 1 aromatic heterocycles. The minimum atomic E-state index is 0.851. The van der Waals surface area contributed by atoms with Crippen LogP contribution in [0.3, 0.4) is 0 Å². The van der Waals surface area contributed by atoms with Crippen molar-refractivity contribution >= 4 is 10.9 Å². The lowest BCUT2D eigenvalue weighted by Crippen LogP contribution is -2.00. The molecule has 0 amide bonds. The van der Waals surface area contributed by atoms with Gasteiger partial charge in [-0.15, -0.1) is 0 Å². The minimum absolute atomic E-state index is 0.851. The fourth-order valence-corrected chi connectivity index (χ4v) is 3.03. The summed E-state index contributed by atoms with van der Waals surface area (Å²) < 4.78 is 5.26. The first kappa shape index (κ1) is 12.4. The summed E-state index contributed by atoms with van der Waals surface area (Å²) in [5.41, 5.74) is 6.06. The zero-order valence-corrected chi connectivity index (χ0v) is 11.9. The molecule has 0 bridgehead atoms. The molecule has 3 aromatic rings. The molecule has 1 N–H and O–H groups in total. The molecule has 0 saturated carbocycles. The van der Waals surface area contributed by atoms with Gasteiger partial charge in [0.2, 0.25) is 0 Å². The highest BCUT2D eigenvalue weighted by molar-refractivity contribution is 5.96. The number of nitrogens with one attached hydrogen (secondary N) is 1. The summed E-state index contributed by atoms with van der Waals surface area (Å²) in [6.07, 6.45) is 0. The number of pyridine rings is 1. The Bertz CT molecular complexity index is 809. The van der Waals surface area contributed by atoms with E-state index in [-0.39, 0.29) is 0 Å². The second-order valence-corrected chi connectivity index (χ2v) is 5.26. The summed E-state index contributed by atoms with van der Waals surface area (Å²) in [5, 5.41) is 4.62. The first-order valence-electron chi connectivity index (χ1n) is 7.12. The quantitative estimate of drug-likeness (QED) is 0.777. The van der Waals surface area contributed by atoms with Crippen LogP contribution in [0.5, 0.6) is 5.75 Å². The number of fused-ring (bicyclic) bond motifs is 2. The van der Waals surface area contributed by atoms with Gasteiger partial charge in [0.15, 0.2) is 0 Å². The zero-order chi connectivity index (χ0) is 14.2. The van der Waals surface area contributed by atoms with Gasteiger partial charge in [-0.05, 0) is 34.9 Å². The lowest BCUT2D eigenvalue weighted by molar-refractivity contribution is 0.415. The number of para-hydroxylation sites is 1. The molecule has 2 aromatic carbocycles. The SMILES string of the molecule is COc1ccc(-c2c3c(nc4ccccc24)CNC3)cc1. The van der Waals surface area contributed by atoms with E-state index in [1.807, 2.05) is 18.2 Å². The Morgan fingerprint density at radius 1 is 1.00 bits per heavy atom. The van der Waals surface area contributed by atoms with E-state index >= 15 is 0 Å². The molecular formula is C18H16N2O. The average molecular weight is 276 g/mol. The molecule has 2 heterocycles. The molecule has 0 saturated heterocycles. The van der Waals surface area contributed by atoms with E-state index in [2.05, 4.69) is 35.6 Å². The highest BCUT2D eigenvalue weighted by Gasteiger charge is 2.19. The summed E-state index contributed by atoms with van der Waals surface area (Å²) >= 11 is 0. The van der Waals surface area contributed by atoms with Gasteiger partial charge in [-0.3, -0.25) is 4.98 Å². The number of ether oxygens (including phenoxy) is 1. The van der Waals surface area contributed by atoms with Gasteiger partial charge in [-0.2, -0.15) is 0 Å². The lowest BCUT2D eigenvalue weighted by Gasteiger charge is -2.12. The van der Waals surface area contributed by atoms with Crippen molar-refractivity contribution in [1.82, 2.24) is 10.3 Å². The largest absolute Gasteiger partial charge is 0.497 e. The Labute approximate surface area is 123 Å². The number of benzene rings is 2. The van der Waals surface area contributed by atoms with Crippen molar-refractivity contribution in [1.29, 1.82) is 0 Å². The van der Waals surface area contributed by atoms with Crippen LogP contribution in [0, 0.1) is 0 Å². The van der Waals surface area contributed by atoms with Crippen LogP contribution in [-0.4, -0.2) is 12.1 Å². The number of rotatable bonds is 2. The molecule has 3 heteroatoms. The van der Waals surface area contributed by atoms with Gasteiger partial charge in [-0.25, -0.2) is 0 Å². The Kier molecular flexibility index (Phi) is 2.86. The fraction of sp³-hybridized carbons (Fsp3) is 0.167. The molecule has 3 nitrogen and oxygen atoms in total. The van der Waals surface area contributed by atoms with Gasteiger partial charge in [0.1, 0.15) is 5.75 Å². The van der Waals surface area contributed by atoms with E-state index in [4.69, 9.17) is 9.72 Å². The van der Waals surface area contributed by atoms with Gasteiger partial charge in [0.05, 0.1) is 18.3 Å². The van der Waals surface area contributed by atoms with E-state index in [0.29, 0.717) is 0 Å². The molecule has 104 valence electrons. The molecular weight excluding hydrogens is 260 g/mol. The van der Waals surface area contributed by atoms with Crippen molar-refractivity contribution in [2.75, 3.05) is 7.11 Å². The van der Waals surface area contributed by atoms with Crippen LogP contribution >= 0.6 is 0 Å². The fourth-order valence-electron chi connectivity index (χ4n) is 3.03. The Hall–Kier alpha value is -2.39. The van der Waals surface area contributed by atoms with Crippen LogP contribution in [0.4, 0.5) is 0 Å². The Morgan fingerprint density at radius 3 is 2.62 bits per heavy atom. The van der Waals surface area contributed by atoms with Crippen LogP contribution in [0.2, 0.25) is 0 Å². The standard InChI is InChI=1S/C18H16N2O/c1-21-13-8-6-12(7-9-13)18-14-4-2-3-5-16(14)20-17-11-19-10-15(17)18/h2-9,19H,10-11H2,1H3. The summed E-state index contributed by atoms with van der Waals surface area (Å²) in [6, 6.07) is 16.6. The molecule has 0 fully saturated rings. The first-order valence-corrected chi connectivity index (χ1v) is 7.12.